The summed E-state index contributed by atoms with van der Waals surface area (Å²) in [6, 6.07) is 0. The van der Waals surface area contributed by atoms with Crippen LogP contribution in [0.1, 0.15) is 13.3 Å². The minimum atomic E-state index is -0.653. The Labute approximate surface area is 95.0 Å². The zero-order valence-corrected chi connectivity index (χ0v) is 9.94. The van der Waals surface area contributed by atoms with Crippen LogP contribution in [0, 0.1) is 0 Å². The number of rotatable bonds is 4. The number of nitrogens with one attached hydrogen (secondary N) is 1. The molecule has 1 unspecified atom stereocenters. The summed E-state index contributed by atoms with van der Waals surface area (Å²) >= 11 is 1.76. The molecule has 15 heavy (non-hydrogen) atoms. The summed E-state index contributed by atoms with van der Waals surface area (Å²) in [4.78, 5) is 4.13. The van der Waals surface area contributed by atoms with E-state index >= 15 is 0 Å². The van der Waals surface area contributed by atoms with Gasteiger partial charge in [-0.25, -0.2) is 0 Å². The number of thioether (sulfide) groups is 1. The first-order chi connectivity index (χ1) is 7.02. The second kappa shape index (κ2) is 5.42. The highest BCUT2D eigenvalue weighted by Crippen LogP contribution is 2.27. The van der Waals surface area contributed by atoms with E-state index < -0.39 is 5.60 Å². The number of hydrogen-bond acceptors (Lipinski definition) is 3. The smallest absolute Gasteiger partial charge is 0.188 e. The van der Waals surface area contributed by atoms with Gasteiger partial charge in [0.25, 0.3) is 0 Å². The topological polar surface area (TPSA) is 70.6 Å². The minimum absolute atomic E-state index is 0.378. The summed E-state index contributed by atoms with van der Waals surface area (Å²) in [7, 11) is 0. The number of aliphatic hydroxyl groups is 1. The lowest BCUT2D eigenvalue weighted by Crippen LogP contribution is -2.37. The van der Waals surface area contributed by atoms with Crippen molar-refractivity contribution < 1.29 is 5.11 Å². The van der Waals surface area contributed by atoms with Crippen molar-refractivity contribution in [3.8, 4) is 0 Å². The SMILES string of the molecule is C=C(C)CNC(N)=NCC1(O)CCSC1. The van der Waals surface area contributed by atoms with Gasteiger partial charge < -0.3 is 16.2 Å². The lowest BCUT2D eigenvalue weighted by atomic mass is 10.1. The van der Waals surface area contributed by atoms with E-state index in [0.29, 0.717) is 19.0 Å². The monoisotopic (exact) mass is 229 g/mol. The van der Waals surface area contributed by atoms with Crippen molar-refractivity contribution >= 4 is 17.7 Å². The zero-order valence-electron chi connectivity index (χ0n) is 9.12. The molecule has 0 radical (unpaired) electrons. The Morgan fingerprint density at radius 2 is 2.47 bits per heavy atom. The highest BCUT2D eigenvalue weighted by atomic mass is 32.2. The van der Waals surface area contributed by atoms with Crippen LogP contribution >= 0.6 is 11.8 Å². The summed E-state index contributed by atoms with van der Waals surface area (Å²) in [5.74, 6) is 2.14. The van der Waals surface area contributed by atoms with E-state index in [-0.39, 0.29) is 0 Å². The molecule has 1 rings (SSSR count). The fourth-order valence-corrected chi connectivity index (χ4v) is 2.54. The largest absolute Gasteiger partial charge is 0.387 e. The van der Waals surface area contributed by atoms with Gasteiger partial charge in [0.15, 0.2) is 5.96 Å². The molecule has 0 aliphatic carbocycles. The molecule has 0 spiro atoms. The molecule has 1 aliphatic heterocycles. The van der Waals surface area contributed by atoms with Crippen molar-refractivity contribution in [2.45, 2.75) is 18.9 Å². The third kappa shape index (κ3) is 4.57. The van der Waals surface area contributed by atoms with Crippen molar-refractivity contribution in [1.82, 2.24) is 5.32 Å². The Balaban J connectivity index is 2.32. The highest BCUT2D eigenvalue weighted by Gasteiger charge is 2.31. The molecule has 0 aromatic carbocycles. The first-order valence-electron chi connectivity index (χ1n) is 5.00. The minimum Gasteiger partial charge on any atom is -0.387 e. The Bertz CT molecular complexity index is 259. The van der Waals surface area contributed by atoms with Gasteiger partial charge in [-0.1, -0.05) is 12.2 Å². The van der Waals surface area contributed by atoms with Gasteiger partial charge in [0.05, 0.1) is 12.1 Å². The van der Waals surface area contributed by atoms with Gasteiger partial charge in [-0.3, -0.25) is 4.99 Å². The molecule has 1 aliphatic rings. The molecule has 0 bridgehead atoms. The standard InChI is InChI=1S/C10H19N3OS/c1-8(2)5-12-9(11)13-6-10(14)3-4-15-7-10/h14H,1,3-7H2,2H3,(H3,11,12,13). The molecular formula is C10H19N3OS. The van der Waals surface area contributed by atoms with Crippen LogP contribution in [0.4, 0.5) is 0 Å². The quantitative estimate of drug-likeness (QED) is 0.369. The summed E-state index contributed by atoms with van der Waals surface area (Å²) < 4.78 is 0. The van der Waals surface area contributed by atoms with Crippen LogP contribution in [0.3, 0.4) is 0 Å². The molecule has 1 heterocycles. The van der Waals surface area contributed by atoms with E-state index in [9.17, 15) is 5.11 Å². The molecule has 1 fully saturated rings. The van der Waals surface area contributed by atoms with E-state index in [2.05, 4.69) is 16.9 Å². The average molecular weight is 229 g/mol. The maximum Gasteiger partial charge on any atom is 0.188 e. The molecule has 1 atom stereocenters. The summed E-state index contributed by atoms with van der Waals surface area (Å²) in [6.07, 6.45) is 0.801. The number of nitrogens with two attached hydrogens (primary N) is 1. The van der Waals surface area contributed by atoms with Crippen LogP contribution in [0.15, 0.2) is 17.1 Å². The first kappa shape index (κ1) is 12.4. The van der Waals surface area contributed by atoms with Gasteiger partial charge in [-0.05, 0) is 19.1 Å². The molecule has 0 aromatic heterocycles. The van der Waals surface area contributed by atoms with Gasteiger partial charge in [0.2, 0.25) is 0 Å². The van der Waals surface area contributed by atoms with E-state index in [4.69, 9.17) is 5.73 Å². The van der Waals surface area contributed by atoms with Gasteiger partial charge in [0, 0.05) is 12.3 Å². The van der Waals surface area contributed by atoms with Crippen LogP contribution in [0.2, 0.25) is 0 Å². The molecule has 0 amide bonds. The predicted molar refractivity (Wildman–Crippen MR) is 66.2 cm³/mol. The maximum atomic E-state index is 9.99. The fraction of sp³-hybridized carbons (Fsp3) is 0.700. The van der Waals surface area contributed by atoms with Crippen LogP contribution in [-0.4, -0.2) is 41.3 Å². The van der Waals surface area contributed by atoms with E-state index in [1.165, 1.54) is 0 Å². The normalized spacial score (nSPS) is 26.7. The number of nitrogens with zero attached hydrogens (tertiary/aromatic N) is 1. The van der Waals surface area contributed by atoms with Crippen LogP contribution in [0.5, 0.6) is 0 Å². The van der Waals surface area contributed by atoms with Gasteiger partial charge in [0.1, 0.15) is 0 Å². The average Bonchev–Trinajstić information content (AvgIpc) is 2.60. The van der Waals surface area contributed by atoms with Crippen LogP contribution < -0.4 is 11.1 Å². The van der Waals surface area contributed by atoms with Crippen molar-refractivity contribution in [3.63, 3.8) is 0 Å². The predicted octanol–water partition coefficient (Wildman–Crippen LogP) is 0.335. The first-order valence-corrected chi connectivity index (χ1v) is 6.16. The molecule has 0 saturated carbocycles. The summed E-state index contributed by atoms with van der Waals surface area (Å²) in [6.45, 7) is 6.68. The van der Waals surface area contributed by atoms with Crippen molar-refractivity contribution in [2.24, 2.45) is 10.7 Å². The molecule has 0 aromatic rings. The molecule has 4 nitrogen and oxygen atoms in total. The molecule has 1 saturated heterocycles. The van der Waals surface area contributed by atoms with Crippen molar-refractivity contribution in [2.75, 3.05) is 24.6 Å². The second-order valence-corrected chi connectivity index (χ2v) is 5.14. The third-order valence-electron chi connectivity index (χ3n) is 2.20. The third-order valence-corrected chi connectivity index (χ3v) is 3.43. The van der Waals surface area contributed by atoms with Gasteiger partial charge in [-0.15, -0.1) is 0 Å². The van der Waals surface area contributed by atoms with Crippen LogP contribution in [0.25, 0.3) is 0 Å². The maximum absolute atomic E-state index is 9.99. The van der Waals surface area contributed by atoms with Crippen LogP contribution in [-0.2, 0) is 0 Å². The Kier molecular flexibility index (Phi) is 4.47. The van der Waals surface area contributed by atoms with Crippen molar-refractivity contribution in [3.05, 3.63) is 12.2 Å². The van der Waals surface area contributed by atoms with E-state index in [1.807, 2.05) is 6.92 Å². The van der Waals surface area contributed by atoms with Gasteiger partial charge >= 0.3 is 0 Å². The lowest BCUT2D eigenvalue weighted by Gasteiger charge is -2.18. The second-order valence-electron chi connectivity index (χ2n) is 4.04. The molecular weight excluding hydrogens is 210 g/mol. The Morgan fingerprint density at radius 3 is 3.00 bits per heavy atom. The lowest BCUT2D eigenvalue weighted by molar-refractivity contribution is 0.0779. The summed E-state index contributed by atoms with van der Waals surface area (Å²) in [5, 5.41) is 12.9. The Hall–Kier alpha value is -0.680. The molecule has 5 heteroatoms. The number of hydrogen-bond donors (Lipinski definition) is 3. The summed E-state index contributed by atoms with van der Waals surface area (Å²) in [5.41, 5.74) is 5.99. The molecule has 4 N–H and O–H groups in total. The zero-order chi connectivity index (χ0) is 11.3. The van der Waals surface area contributed by atoms with E-state index in [1.54, 1.807) is 11.8 Å². The fourth-order valence-electron chi connectivity index (χ4n) is 1.25. The number of guanidine groups is 1. The highest BCUT2D eigenvalue weighted by molar-refractivity contribution is 7.99. The number of aliphatic imine (C=N–C) groups is 1. The van der Waals surface area contributed by atoms with E-state index in [0.717, 1.165) is 23.5 Å². The van der Waals surface area contributed by atoms with Gasteiger partial charge in [-0.2, -0.15) is 11.8 Å². The molecule has 86 valence electrons. The van der Waals surface area contributed by atoms with Crippen molar-refractivity contribution in [1.29, 1.82) is 0 Å². The Morgan fingerprint density at radius 1 is 1.73 bits per heavy atom.